The molecule has 0 saturated carbocycles. The third-order valence-electron chi connectivity index (χ3n) is 3.59. The molecular formula is C19H19FN2O3. The van der Waals surface area contributed by atoms with Crippen molar-refractivity contribution in [1.29, 1.82) is 5.26 Å². The van der Waals surface area contributed by atoms with Gasteiger partial charge in [-0.15, -0.1) is 0 Å². The van der Waals surface area contributed by atoms with Crippen LogP contribution in [0.25, 0.3) is 0 Å². The van der Waals surface area contributed by atoms with Crippen molar-refractivity contribution in [1.82, 2.24) is 4.90 Å². The van der Waals surface area contributed by atoms with Crippen LogP contribution in [0.1, 0.15) is 15.9 Å². The summed E-state index contributed by atoms with van der Waals surface area (Å²) in [6.45, 7) is 1.07. The molecule has 2 aromatic carbocycles. The van der Waals surface area contributed by atoms with Crippen molar-refractivity contribution in [3.05, 3.63) is 65.5 Å². The Hall–Kier alpha value is -2.91. The molecule has 0 heterocycles. The van der Waals surface area contributed by atoms with E-state index in [1.54, 1.807) is 43.5 Å². The number of rotatable bonds is 8. The molecule has 0 atom stereocenters. The van der Waals surface area contributed by atoms with Crippen LogP contribution < -0.4 is 4.74 Å². The van der Waals surface area contributed by atoms with Gasteiger partial charge >= 0.3 is 0 Å². The number of carbonyl (C=O) groups excluding carboxylic acids is 1. The number of amides is 1. The predicted molar refractivity (Wildman–Crippen MR) is 90.8 cm³/mol. The highest BCUT2D eigenvalue weighted by molar-refractivity contribution is 5.96. The van der Waals surface area contributed by atoms with Crippen LogP contribution in [0.3, 0.4) is 0 Å². The van der Waals surface area contributed by atoms with Crippen molar-refractivity contribution in [2.45, 2.75) is 0 Å². The summed E-state index contributed by atoms with van der Waals surface area (Å²) < 4.78 is 24.0. The minimum absolute atomic E-state index is 0.130. The number of para-hydroxylation sites is 1. The van der Waals surface area contributed by atoms with Gasteiger partial charge in [0.2, 0.25) is 0 Å². The fourth-order valence-corrected chi connectivity index (χ4v) is 2.28. The number of halogens is 1. The third-order valence-corrected chi connectivity index (χ3v) is 3.59. The first-order valence-corrected chi connectivity index (χ1v) is 7.82. The number of benzene rings is 2. The highest BCUT2D eigenvalue weighted by Crippen LogP contribution is 2.16. The van der Waals surface area contributed by atoms with Crippen molar-refractivity contribution in [3.63, 3.8) is 0 Å². The van der Waals surface area contributed by atoms with E-state index in [2.05, 4.69) is 0 Å². The summed E-state index contributed by atoms with van der Waals surface area (Å²) in [4.78, 5) is 14.3. The minimum Gasteiger partial charge on any atom is -0.489 e. The number of hydrogen-bond donors (Lipinski definition) is 0. The lowest BCUT2D eigenvalue weighted by atomic mass is 10.1. The summed E-state index contributed by atoms with van der Waals surface area (Å²) in [6.07, 6.45) is 0. The lowest BCUT2D eigenvalue weighted by Gasteiger charge is -2.23. The van der Waals surface area contributed by atoms with Crippen LogP contribution in [0.5, 0.6) is 5.75 Å². The van der Waals surface area contributed by atoms with Gasteiger partial charge in [0, 0.05) is 13.7 Å². The molecule has 0 saturated heterocycles. The average molecular weight is 342 g/mol. The largest absolute Gasteiger partial charge is 0.489 e. The van der Waals surface area contributed by atoms with Crippen LogP contribution in [0.4, 0.5) is 4.39 Å². The van der Waals surface area contributed by atoms with Gasteiger partial charge in [-0.05, 0) is 24.3 Å². The fourth-order valence-electron chi connectivity index (χ4n) is 2.28. The van der Waals surface area contributed by atoms with Crippen molar-refractivity contribution < 1.29 is 18.7 Å². The molecule has 0 aliphatic rings. The van der Waals surface area contributed by atoms with Gasteiger partial charge in [-0.2, -0.15) is 5.26 Å². The van der Waals surface area contributed by atoms with E-state index in [9.17, 15) is 9.18 Å². The first-order valence-electron chi connectivity index (χ1n) is 7.82. The van der Waals surface area contributed by atoms with E-state index in [-0.39, 0.29) is 24.8 Å². The van der Waals surface area contributed by atoms with Gasteiger partial charge in [-0.3, -0.25) is 4.79 Å². The summed E-state index contributed by atoms with van der Waals surface area (Å²) in [5.41, 5.74) is 0.636. The second-order valence-corrected chi connectivity index (χ2v) is 5.22. The number of hydrogen-bond acceptors (Lipinski definition) is 4. The first-order chi connectivity index (χ1) is 12.2. The highest BCUT2D eigenvalue weighted by Gasteiger charge is 2.18. The van der Waals surface area contributed by atoms with E-state index >= 15 is 0 Å². The molecule has 0 aromatic heterocycles. The second kappa shape index (κ2) is 9.40. The minimum atomic E-state index is -0.452. The number of nitriles is 1. The third kappa shape index (κ3) is 5.03. The summed E-state index contributed by atoms with van der Waals surface area (Å²) in [7, 11) is 1.54. The van der Waals surface area contributed by atoms with E-state index < -0.39 is 5.82 Å². The molecule has 0 spiro atoms. The van der Waals surface area contributed by atoms with Crippen LogP contribution in [0.15, 0.2) is 48.5 Å². The molecule has 0 bridgehead atoms. The van der Waals surface area contributed by atoms with E-state index in [0.29, 0.717) is 24.3 Å². The summed E-state index contributed by atoms with van der Waals surface area (Å²) in [5, 5.41) is 9.17. The van der Waals surface area contributed by atoms with Crippen LogP contribution in [0.2, 0.25) is 0 Å². The highest BCUT2D eigenvalue weighted by atomic mass is 19.1. The number of ether oxygens (including phenoxy) is 2. The molecule has 0 aliphatic heterocycles. The maximum absolute atomic E-state index is 13.6. The normalized spacial score (nSPS) is 10.1. The molecule has 1 amide bonds. The Morgan fingerprint density at radius 1 is 1.12 bits per heavy atom. The van der Waals surface area contributed by atoms with Crippen molar-refractivity contribution in [3.8, 4) is 11.8 Å². The molecule has 0 fully saturated rings. The molecule has 0 N–H and O–H groups in total. The monoisotopic (exact) mass is 342 g/mol. The molecule has 2 aromatic rings. The lowest BCUT2D eigenvalue weighted by Crippen LogP contribution is -2.37. The van der Waals surface area contributed by atoms with E-state index in [1.165, 1.54) is 17.0 Å². The zero-order valence-electron chi connectivity index (χ0n) is 13.9. The zero-order chi connectivity index (χ0) is 18.1. The van der Waals surface area contributed by atoms with Crippen molar-refractivity contribution in [2.75, 3.05) is 33.4 Å². The molecule has 0 aliphatic carbocycles. The molecule has 25 heavy (non-hydrogen) atoms. The van der Waals surface area contributed by atoms with Crippen LogP contribution in [-0.2, 0) is 4.74 Å². The summed E-state index contributed by atoms with van der Waals surface area (Å²) in [6, 6.07) is 14.7. The van der Waals surface area contributed by atoms with Gasteiger partial charge in [0.25, 0.3) is 5.91 Å². The predicted octanol–water partition coefficient (Wildman–Crippen LogP) is 2.86. The smallest absolute Gasteiger partial charge is 0.255 e. The summed E-state index contributed by atoms with van der Waals surface area (Å²) in [5.74, 6) is -0.600. The first kappa shape index (κ1) is 18.4. The standard InChI is InChI=1S/C19H19FN2O3/c1-24-12-10-22(11-13-25-18-9-5-4-8-17(18)20)19(23)16-7-3-2-6-15(16)14-21/h2-9H,10-13H2,1H3. The molecule has 2 rings (SSSR count). The molecule has 0 radical (unpaired) electrons. The SMILES string of the molecule is COCCN(CCOc1ccccc1F)C(=O)c1ccccc1C#N. The fraction of sp³-hybridized carbons (Fsp3) is 0.263. The van der Waals surface area contributed by atoms with E-state index in [1.807, 2.05) is 6.07 Å². The Balaban J connectivity index is 2.06. The van der Waals surface area contributed by atoms with Gasteiger partial charge in [-0.25, -0.2) is 4.39 Å². The maximum atomic E-state index is 13.6. The van der Waals surface area contributed by atoms with Crippen molar-refractivity contribution >= 4 is 5.91 Å². The molecule has 5 nitrogen and oxygen atoms in total. The van der Waals surface area contributed by atoms with Gasteiger partial charge < -0.3 is 14.4 Å². The van der Waals surface area contributed by atoms with Crippen LogP contribution >= 0.6 is 0 Å². The van der Waals surface area contributed by atoms with Crippen LogP contribution in [0, 0.1) is 17.1 Å². The molecule has 130 valence electrons. The van der Waals surface area contributed by atoms with Gasteiger partial charge in [0.15, 0.2) is 11.6 Å². The molecule has 6 heteroatoms. The van der Waals surface area contributed by atoms with Gasteiger partial charge in [0.1, 0.15) is 6.61 Å². The Labute approximate surface area is 146 Å². The van der Waals surface area contributed by atoms with Gasteiger partial charge in [-0.1, -0.05) is 24.3 Å². The quantitative estimate of drug-likeness (QED) is 0.740. The second-order valence-electron chi connectivity index (χ2n) is 5.22. The Bertz CT molecular complexity index is 758. The topological polar surface area (TPSA) is 62.6 Å². The number of methoxy groups -OCH3 is 1. The lowest BCUT2D eigenvalue weighted by molar-refractivity contribution is 0.0664. The van der Waals surface area contributed by atoms with Gasteiger partial charge in [0.05, 0.1) is 30.3 Å². The zero-order valence-corrected chi connectivity index (χ0v) is 13.9. The molecule has 0 unspecified atom stereocenters. The van der Waals surface area contributed by atoms with E-state index in [4.69, 9.17) is 14.7 Å². The Kier molecular flexibility index (Phi) is 6.93. The summed E-state index contributed by atoms with van der Waals surface area (Å²) >= 11 is 0. The average Bonchev–Trinajstić information content (AvgIpc) is 2.65. The number of nitrogens with zero attached hydrogens (tertiary/aromatic N) is 2. The maximum Gasteiger partial charge on any atom is 0.255 e. The van der Waals surface area contributed by atoms with E-state index in [0.717, 1.165) is 0 Å². The van der Waals surface area contributed by atoms with Crippen LogP contribution in [-0.4, -0.2) is 44.2 Å². The number of carbonyl (C=O) groups is 1. The Morgan fingerprint density at radius 2 is 1.80 bits per heavy atom. The van der Waals surface area contributed by atoms with Crippen molar-refractivity contribution in [2.24, 2.45) is 0 Å². The molecular weight excluding hydrogens is 323 g/mol. The Morgan fingerprint density at radius 3 is 2.52 bits per heavy atom.